The highest BCUT2D eigenvalue weighted by Crippen LogP contribution is 2.44. The van der Waals surface area contributed by atoms with Gasteiger partial charge in [0.05, 0.1) is 6.54 Å². The second kappa shape index (κ2) is 10.4. The number of hydrogen-bond acceptors (Lipinski definition) is 5. The smallest absolute Gasteiger partial charge is 0.407 e. The molecule has 6 nitrogen and oxygen atoms in total. The van der Waals surface area contributed by atoms with Crippen LogP contribution in [-0.4, -0.2) is 45.1 Å². The van der Waals surface area contributed by atoms with Crippen molar-refractivity contribution in [1.29, 1.82) is 0 Å². The van der Waals surface area contributed by atoms with E-state index in [1.165, 1.54) is 22.3 Å². The van der Waals surface area contributed by atoms with Crippen molar-refractivity contribution in [2.45, 2.75) is 37.8 Å². The van der Waals surface area contributed by atoms with Gasteiger partial charge in [0, 0.05) is 37.8 Å². The lowest BCUT2D eigenvalue weighted by Gasteiger charge is -2.16. The number of benzene rings is 3. The number of nitrogens with one attached hydrogen (secondary N) is 2. The maximum atomic E-state index is 12.5. The van der Waals surface area contributed by atoms with Gasteiger partial charge in [-0.1, -0.05) is 48.5 Å². The van der Waals surface area contributed by atoms with Gasteiger partial charge in [-0.15, -0.1) is 0 Å². The van der Waals surface area contributed by atoms with Gasteiger partial charge in [-0.2, -0.15) is 0 Å². The van der Waals surface area contributed by atoms with Crippen molar-refractivity contribution >= 4 is 11.8 Å². The van der Waals surface area contributed by atoms with Crippen LogP contribution in [0.2, 0.25) is 0 Å². The molecule has 0 spiro atoms. The molecule has 0 saturated carbocycles. The topological polar surface area (TPSA) is 68.8 Å². The van der Waals surface area contributed by atoms with Crippen molar-refractivity contribution in [3.8, 4) is 16.9 Å². The zero-order chi connectivity index (χ0) is 24.2. The van der Waals surface area contributed by atoms with Gasteiger partial charge in [0.2, 0.25) is 0 Å². The summed E-state index contributed by atoms with van der Waals surface area (Å²) >= 11 is 0. The Labute approximate surface area is 206 Å². The number of anilines is 1. The Hall–Kier alpha value is -3.51. The molecule has 2 aliphatic rings. The first kappa shape index (κ1) is 23.2. The molecule has 0 fully saturated rings. The number of ether oxygens (including phenoxy) is 3. The molecule has 2 atom stereocenters. The van der Waals surface area contributed by atoms with Crippen LogP contribution in [0.3, 0.4) is 0 Å². The Morgan fingerprint density at radius 2 is 1.77 bits per heavy atom. The van der Waals surface area contributed by atoms with Crippen LogP contribution in [0.15, 0.2) is 66.7 Å². The summed E-state index contributed by atoms with van der Waals surface area (Å²) in [5.74, 6) is 0.928. The van der Waals surface area contributed by atoms with Crippen LogP contribution in [0.5, 0.6) is 5.75 Å². The summed E-state index contributed by atoms with van der Waals surface area (Å²) in [4.78, 5) is 12.5. The van der Waals surface area contributed by atoms with E-state index in [9.17, 15) is 4.79 Å². The van der Waals surface area contributed by atoms with Crippen LogP contribution >= 0.6 is 0 Å². The van der Waals surface area contributed by atoms with Gasteiger partial charge in [0.1, 0.15) is 18.5 Å². The first-order valence-corrected chi connectivity index (χ1v) is 12.3. The molecular weight excluding hydrogens is 440 g/mol. The molecule has 0 bridgehead atoms. The Kier molecular flexibility index (Phi) is 6.91. The minimum atomic E-state index is -0.416. The SMILES string of the molecule is COCCC(C)Nc1ccc2c(c1)CC(CNC(=O)OCC1c3ccccc3-c3ccccc31)O2. The maximum Gasteiger partial charge on any atom is 0.407 e. The molecule has 1 heterocycles. The number of methoxy groups -OCH3 is 1. The van der Waals surface area contributed by atoms with E-state index >= 15 is 0 Å². The van der Waals surface area contributed by atoms with Crippen LogP contribution in [0, 0.1) is 0 Å². The highest BCUT2D eigenvalue weighted by molar-refractivity contribution is 5.79. The molecule has 0 radical (unpaired) electrons. The Morgan fingerprint density at radius 1 is 1.06 bits per heavy atom. The fourth-order valence-corrected chi connectivity index (χ4v) is 5.02. The van der Waals surface area contributed by atoms with E-state index in [1.807, 2.05) is 36.4 Å². The number of alkyl carbamates (subject to hydrolysis) is 1. The highest BCUT2D eigenvalue weighted by Gasteiger charge is 2.29. The van der Waals surface area contributed by atoms with Gasteiger partial charge in [-0.3, -0.25) is 0 Å². The van der Waals surface area contributed by atoms with Gasteiger partial charge in [-0.25, -0.2) is 4.79 Å². The number of carbonyl (C=O) groups is 1. The van der Waals surface area contributed by atoms with Crippen molar-refractivity contribution < 1.29 is 19.0 Å². The summed E-state index contributed by atoms with van der Waals surface area (Å²) < 4.78 is 16.8. The third kappa shape index (κ3) is 5.13. The van der Waals surface area contributed by atoms with E-state index in [4.69, 9.17) is 14.2 Å². The molecule has 3 aromatic carbocycles. The minimum absolute atomic E-state index is 0.0531. The lowest BCUT2D eigenvalue weighted by molar-refractivity contribution is 0.136. The van der Waals surface area contributed by atoms with Gasteiger partial charge in [0.15, 0.2) is 0 Å². The summed E-state index contributed by atoms with van der Waals surface area (Å²) in [6, 6.07) is 23.1. The number of carbonyl (C=O) groups excluding carboxylic acids is 1. The molecule has 5 rings (SSSR count). The summed E-state index contributed by atoms with van der Waals surface area (Å²) in [5.41, 5.74) is 7.07. The molecule has 35 heavy (non-hydrogen) atoms. The van der Waals surface area contributed by atoms with E-state index < -0.39 is 6.09 Å². The monoisotopic (exact) mass is 472 g/mol. The highest BCUT2D eigenvalue weighted by atomic mass is 16.5. The standard InChI is InChI=1S/C29H32N2O4/c1-19(13-14-33-2)31-21-11-12-28-20(15-21)16-22(35-28)17-30-29(32)34-18-27-25-9-5-3-7-23(25)24-8-4-6-10-26(24)27/h3-12,15,19,22,27,31H,13-14,16-18H2,1-2H3,(H,30,32). The van der Waals surface area contributed by atoms with Crippen LogP contribution < -0.4 is 15.4 Å². The Bertz CT molecular complexity index is 1150. The largest absolute Gasteiger partial charge is 0.488 e. The molecule has 0 saturated heterocycles. The lowest BCUT2D eigenvalue weighted by Crippen LogP contribution is -2.35. The number of amides is 1. The predicted octanol–water partition coefficient (Wildman–Crippen LogP) is 5.37. The zero-order valence-electron chi connectivity index (χ0n) is 20.3. The second-order valence-corrected chi connectivity index (χ2v) is 9.30. The first-order valence-electron chi connectivity index (χ1n) is 12.3. The summed E-state index contributed by atoms with van der Waals surface area (Å²) in [7, 11) is 1.72. The van der Waals surface area contributed by atoms with E-state index in [2.05, 4.69) is 47.9 Å². The lowest BCUT2D eigenvalue weighted by atomic mass is 9.98. The average Bonchev–Trinajstić information content (AvgIpc) is 3.43. The van der Waals surface area contributed by atoms with Crippen molar-refractivity contribution in [2.75, 3.05) is 32.2 Å². The minimum Gasteiger partial charge on any atom is -0.488 e. The third-order valence-corrected chi connectivity index (χ3v) is 6.79. The van der Waals surface area contributed by atoms with Gasteiger partial charge in [0.25, 0.3) is 0 Å². The van der Waals surface area contributed by atoms with Crippen molar-refractivity contribution in [2.24, 2.45) is 0 Å². The number of hydrogen-bond donors (Lipinski definition) is 2. The van der Waals surface area contributed by atoms with E-state index in [-0.39, 0.29) is 12.0 Å². The molecule has 6 heteroatoms. The van der Waals surface area contributed by atoms with Gasteiger partial charge < -0.3 is 24.8 Å². The third-order valence-electron chi connectivity index (χ3n) is 6.79. The molecule has 182 valence electrons. The maximum absolute atomic E-state index is 12.5. The van der Waals surface area contributed by atoms with E-state index in [0.29, 0.717) is 19.2 Å². The summed E-state index contributed by atoms with van der Waals surface area (Å²) in [5, 5.41) is 6.39. The fraction of sp³-hybridized carbons (Fsp3) is 0.345. The van der Waals surface area contributed by atoms with Gasteiger partial charge >= 0.3 is 6.09 Å². The molecule has 1 aliphatic heterocycles. The quantitative estimate of drug-likeness (QED) is 0.438. The Balaban J connectivity index is 1.12. The molecule has 2 unspecified atom stereocenters. The molecular formula is C29H32N2O4. The molecule has 1 aliphatic carbocycles. The zero-order valence-corrected chi connectivity index (χ0v) is 20.3. The Morgan fingerprint density at radius 3 is 2.49 bits per heavy atom. The molecule has 2 N–H and O–H groups in total. The first-order chi connectivity index (χ1) is 17.1. The summed E-state index contributed by atoms with van der Waals surface area (Å²) in [6.45, 7) is 3.58. The number of fused-ring (bicyclic) bond motifs is 4. The van der Waals surface area contributed by atoms with Crippen molar-refractivity contribution in [3.63, 3.8) is 0 Å². The van der Waals surface area contributed by atoms with E-state index in [1.54, 1.807) is 7.11 Å². The normalized spacial score (nSPS) is 16.6. The van der Waals surface area contributed by atoms with E-state index in [0.717, 1.165) is 36.4 Å². The fourth-order valence-electron chi connectivity index (χ4n) is 5.02. The van der Waals surface area contributed by atoms with Crippen LogP contribution in [0.25, 0.3) is 11.1 Å². The average molecular weight is 473 g/mol. The van der Waals surface area contributed by atoms with Crippen molar-refractivity contribution in [3.05, 3.63) is 83.4 Å². The van der Waals surface area contributed by atoms with Gasteiger partial charge in [-0.05, 0) is 59.4 Å². The second-order valence-electron chi connectivity index (χ2n) is 9.30. The van der Waals surface area contributed by atoms with Crippen LogP contribution in [-0.2, 0) is 15.9 Å². The van der Waals surface area contributed by atoms with Crippen molar-refractivity contribution in [1.82, 2.24) is 5.32 Å². The number of rotatable bonds is 9. The predicted molar refractivity (Wildman–Crippen MR) is 137 cm³/mol. The molecule has 1 amide bonds. The van der Waals surface area contributed by atoms with Crippen LogP contribution in [0.1, 0.15) is 36.0 Å². The molecule has 3 aromatic rings. The summed E-state index contributed by atoms with van der Waals surface area (Å²) in [6.07, 6.45) is 1.17. The molecule has 0 aromatic heterocycles. The van der Waals surface area contributed by atoms with Crippen LogP contribution in [0.4, 0.5) is 10.5 Å².